The first kappa shape index (κ1) is 8.31. The van der Waals surface area contributed by atoms with Crippen molar-refractivity contribution in [1.29, 1.82) is 0 Å². The molecule has 1 saturated heterocycles. The molecule has 0 N–H and O–H groups in total. The lowest BCUT2D eigenvalue weighted by Gasteiger charge is -2.33. The van der Waals surface area contributed by atoms with Crippen molar-refractivity contribution in [2.45, 2.75) is 57.3 Å². The Bertz CT molecular complexity index is 86.9. The standard InChI is InChI=1S/C9H20Si/c1-3-10(4-2)8-6-5-7-9-10/h3-9H2,1-2H3. The molecule has 1 fully saturated rings. The van der Waals surface area contributed by atoms with E-state index in [-0.39, 0.29) is 0 Å². The van der Waals surface area contributed by atoms with Gasteiger partial charge >= 0.3 is 0 Å². The lowest BCUT2D eigenvalue weighted by molar-refractivity contribution is 0.702. The molecular formula is C9H20Si. The molecule has 0 aromatic rings. The van der Waals surface area contributed by atoms with Crippen LogP contribution < -0.4 is 0 Å². The summed E-state index contributed by atoms with van der Waals surface area (Å²) in [6.07, 6.45) is 4.62. The van der Waals surface area contributed by atoms with Crippen molar-refractivity contribution < 1.29 is 0 Å². The highest BCUT2D eigenvalue weighted by molar-refractivity contribution is 6.79. The molecule has 60 valence electrons. The first-order chi connectivity index (χ1) is 4.83. The predicted octanol–water partition coefficient (Wildman–Crippen LogP) is 3.66. The third-order valence-electron chi connectivity index (χ3n) is 3.41. The number of hydrogen-bond acceptors (Lipinski definition) is 0. The van der Waals surface area contributed by atoms with Gasteiger partial charge in [-0.15, -0.1) is 0 Å². The zero-order valence-corrected chi connectivity index (χ0v) is 8.45. The first-order valence-corrected chi connectivity index (χ1v) is 7.66. The molecule has 1 rings (SSSR count). The Morgan fingerprint density at radius 2 is 1.40 bits per heavy atom. The highest BCUT2D eigenvalue weighted by Crippen LogP contribution is 2.34. The van der Waals surface area contributed by atoms with E-state index in [4.69, 9.17) is 0 Å². The second-order valence-corrected chi connectivity index (χ2v) is 9.18. The maximum atomic E-state index is 2.42. The molecule has 0 spiro atoms. The van der Waals surface area contributed by atoms with Gasteiger partial charge in [-0.3, -0.25) is 0 Å². The van der Waals surface area contributed by atoms with Crippen LogP contribution >= 0.6 is 0 Å². The van der Waals surface area contributed by atoms with Crippen LogP contribution in [0, 0.1) is 0 Å². The van der Waals surface area contributed by atoms with Crippen molar-refractivity contribution in [3.8, 4) is 0 Å². The summed E-state index contributed by atoms with van der Waals surface area (Å²) in [5.41, 5.74) is 0. The lowest BCUT2D eigenvalue weighted by atomic mass is 10.3. The minimum Gasteiger partial charge on any atom is -0.0678 e. The zero-order valence-electron chi connectivity index (χ0n) is 7.45. The van der Waals surface area contributed by atoms with E-state index >= 15 is 0 Å². The Balaban J connectivity index is 2.44. The maximum Gasteiger partial charge on any atom is 0.0530 e. The fraction of sp³-hybridized carbons (Fsp3) is 1.00. The van der Waals surface area contributed by atoms with Gasteiger partial charge in [-0.2, -0.15) is 0 Å². The molecule has 0 amide bonds. The van der Waals surface area contributed by atoms with Crippen molar-refractivity contribution in [2.75, 3.05) is 0 Å². The fourth-order valence-electron chi connectivity index (χ4n) is 2.26. The summed E-state index contributed by atoms with van der Waals surface area (Å²) in [4.78, 5) is 0. The Morgan fingerprint density at radius 3 is 1.70 bits per heavy atom. The normalized spacial score (nSPS) is 24.6. The topological polar surface area (TPSA) is 0 Å². The van der Waals surface area contributed by atoms with Crippen molar-refractivity contribution in [3.05, 3.63) is 0 Å². The molecule has 1 heteroatoms. The monoisotopic (exact) mass is 156 g/mol. The van der Waals surface area contributed by atoms with E-state index in [1.807, 2.05) is 0 Å². The highest BCUT2D eigenvalue weighted by Gasteiger charge is 2.29. The molecule has 0 unspecified atom stereocenters. The van der Waals surface area contributed by atoms with Crippen molar-refractivity contribution in [1.82, 2.24) is 0 Å². The van der Waals surface area contributed by atoms with E-state index in [9.17, 15) is 0 Å². The van der Waals surface area contributed by atoms with Gasteiger partial charge in [0.05, 0.1) is 8.07 Å². The quantitative estimate of drug-likeness (QED) is 0.535. The van der Waals surface area contributed by atoms with Gasteiger partial charge in [0.25, 0.3) is 0 Å². The van der Waals surface area contributed by atoms with Gasteiger partial charge < -0.3 is 0 Å². The summed E-state index contributed by atoms with van der Waals surface area (Å²) in [5.74, 6) is 0. The van der Waals surface area contributed by atoms with E-state index in [1.165, 1.54) is 6.42 Å². The molecule has 0 aliphatic carbocycles. The van der Waals surface area contributed by atoms with Gasteiger partial charge in [0.15, 0.2) is 0 Å². The Labute approximate surface area is 66.0 Å². The third kappa shape index (κ3) is 1.63. The minimum atomic E-state index is -0.631. The van der Waals surface area contributed by atoms with Gasteiger partial charge in [0.2, 0.25) is 0 Å². The van der Waals surface area contributed by atoms with Gasteiger partial charge in [0.1, 0.15) is 0 Å². The maximum absolute atomic E-state index is 2.42. The van der Waals surface area contributed by atoms with Gasteiger partial charge in [-0.1, -0.05) is 57.3 Å². The van der Waals surface area contributed by atoms with E-state index in [0.29, 0.717) is 0 Å². The molecule has 0 atom stereocenters. The summed E-state index contributed by atoms with van der Waals surface area (Å²) < 4.78 is 0. The molecule has 0 aromatic carbocycles. The predicted molar refractivity (Wildman–Crippen MR) is 50.2 cm³/mol. The number of rotatable bonds is 2. The molecule has 0 saturated carbocycles. The van der Waals surface area contributed by atoms with Crippen molar-refractivity contribution >= 4 is 8.07 Å². The lowest BCUT2D eigenvalue weighted by Crippen LogP contribution is -2.33. The molecule has 0 radical (unpaired) electrons. The molecule has 1 heterocycles. The van der Waals surface area contributed by atoms with Gasteiger partial charge in [0, 0.05) is 0 Å². The molecule has 1 aliphatic rings. The smallest absolute Gasteiger partial charge is 0.0530 e. The van der Waals surface area contributed by atoms with Crippen LogP contribution in [-0.2, 0) is 0 Å². The summed E-state index contributed by atoms with van der Waals surface area (Å²) in [6, 6.07) is 6.37. The van der Waals surface area contributed by atoms with Crippen LogP contribution in [0.4, 0.5) is 0 Å². The largest absolute Gasteiger partial charge is 0.0678 e. The second kappa shape index (κ2) is 3.56. The van der Waals surface area contributed by atoms with Crippen LogP contribution in [0.3, 0.4) is 0 Å². The third-order valence-corrected chi connectivity index (χ3v) is 9.24. The van der Waals surface area contributed by atoms with Crippen molar-refractivity contribution in [3.63, 3.8) is 0 Å². The molecule has 10 heavy (non-hydrogen) atoms. The summed E-state index contributed by atoms with van der Waals surface area (Å²) in [5, 5.41) is 0. The van der Waals surface area contributed by atoms with Crippen LogP contribution in [0.1, 0.15) is 33.1 Å². The molecule has 1 aliphatic heterocycles. The van der Waals surface area contributed by atoms with E-state index < -0.39 is 8.07 Å². The number of hydrogen-bond donors (Lipinski definition) is 0. The average Bonchev–Trinajstić information content (AvgIpc) is 2.06. The Kier molecular flexibility index (Phi) is 2.96. The summed E-state index contributed by atoms with van der Waals surface area (Å²) in [6.45, 7) is 4.84. The van der Waals surface area contributed by atoms with Gasteiger partial charge in [-0.25, -0.2) is 0 Å². The molecule has 0 aromatic heterocycles. The zero-order chi connectivity index (χ0) is 7.45. The SMILES string of the molecule is CC[Si]1(CC)CCCCC1. The summed E-state index contributed by atoms with van der Waals surface area (Å²) >= 11 is 0. The van der Waals surface area contributed by atoms with E-state index in [0.717, 1.165) is 0 Å². The minimum absolute atomic E-state index is 0.631. The van der Waals surface area contributed by atoms with Crippen LogP contribution in [0.2, 0.25) is 24.2 Å². The first-order valence-electron chi connectivity index (χ1n) is 4.83. The molecule has 0 nitrogen and oxygen atoms in total. The van der Waals surface area contributed by atoms with Crippen LogP contribution in [0.5, 0.6) is 0 Å². The van der Waals surface area contributed by atoms with Crippen LogP contribution in [0.15, 0.2) is 0 Å². The second-order valence-electron chi connectivity index (χ2n) is 3.77. The van der Waals surface area contributed by atoms with Crippen molar-refractivity contribution in [2.24, 2.45) is 0 Å². The Hall–Kier alpha value is 0.217. The van der Waals surface area contributed by atoms with E-state index in [1.54, 1.807) is 37.0 Å². The highest BCUT2D eigenvalue weighted by atomic mass is 28.3. The van der Waals surface area contributed by atoms with Crippen LogP contribution in [-0.4, -0.2) is 8.07 Å². The van der Waals surface area contributed by atoms with E-state index in [2.05, 4.69) is 13.8 Å². The summed E-state index contributed by atoms with van der Waals surface area (Å²) in [7, 11) is -0.631. The molecule has 0 bridgehead atoms. The Morgan fingerprint density at radius 1 is 0.900 bits per heavy atom. The van der Waals surface area contributed by atoms with Crippen LogP contribution in [0.25, 0.3) is 0 Å². The fourth-order valence-corrected chi connectivity index (χ4v) is 6.42. The molecular weight excluding hydrogens is 136 g/mol. The van der Waals surface area contributed by atoms with Gasteiger partial charge in [-0.05, 0) is 0 Å². The average molecular weight is 156 g/mol.